The maximum Gasteiger partial charge on any atom is 0.260 e. The maximum absolute atomic E-state index is 13.4. The number of para-hydroxylation sites is 1. The van der Waals surface area contributed by atoms with Crippen LogP contribution in [-0.4, -0.2) is 54.4 Å². The van der Waals surface area contributed by atoms with Crippen LogP contribution in [0.25, 0.3) is 0 Å². The summed E-state index contributed by atoms with van der Waals surface area (Å²) in [5.41, 5.74) is 1.17. The van der Waals surface area contributed by atoms with Gasteiger partial charge in [-0.1, -0.05) is 32.0 Å². The van der Waals surface area contributed by atoms with Crippen molar-refractivity contribution < 1.29 is 23.1 Å². The second kappa shape index (κ2) is 9.69. The Morgan fingerprint density at radius 2 is 1.67 bits per heavy atom. The van der Waals surface area contributed by atoms with E-state index in [0.717, 1.165) is 24.1 Å². The second-order valence-corrected chi connectivity index (χ2v) is 7.44. The monoisotopic (exact) mass is 416 g/mol. The van der Waals surface area contributed by atoms with Crippen LogP contribution in [0.2, 0.25) is 0 Å². The van der Waals surface area contributed by atoms with Gasteiger partial charge in [0.25, 0.3) is 11.8 Å². The Labute approximate surface area is 175 Å². The third-order valence-corrected chi connectivity index (χ3v) is 5.50. The van der Waals surface area contributed by atoms with Crippen molar-refractivity contribution in [2.75, 3.05) is 32.8 Å². The summed E-state index contributed by atoms with van der Waals surface area (Å²) in [6, 6.07) is 10.8. The molecule has 0 N–H and O–H groups in total. The molecular weight excluding hydrogens is 390 g/mol. The van der Waals surface area contributed by atoms with Gasteiger partial charge in [0, 0.05) is 31.7 Å². The van der Waals surface area contributed by atoms with E-state index in [4.69, 9.17) is 4.74 Å². The van der Waals surface area contributed by atoms with E-state index in [9.17, 15) is 18.4 Å². The molecule has 2 aromatic rings. The van der Waals surface area contributed by atoms with E-state index < -0.39 is 11.6 Å². The smallest absolute Gasteiger partial charge is 0.260 e. The first-order valence-corrected chi connectivity index (χ1v) is 10.1. The number of benzene rings is 2. The summed E-state index contributed by atoms with van der Waals surface area (Å²) in [5, 5.41) is 0. The quantitative estimate of drug-likeness (QED) is 0.719. The van der Waals surface area contributed by atoms with Crippen LogP contribution in [0.15, 0.2) is 42.5 Å². The molecule has 3 rings (SSSR count). The van der Waals surface area contributed by atoms with Crippen molar-refractivity contribution in [3.63, 3.8) is 0 Å². The summed E-state index contributed by atoms with van der Waals surface area (Å²) in [5.74, 6) is -1.51. The maximum atomic E-state index is 13.4. The van der Waals surface area contributed by atoms with Gasteiger partial charge in [-0.15, -0.1) is 0 Å². The summed E-state index contributed by atoms with van der Waals surface area (Å²) in [4.78, 5) is 28.2. The fraction of sp³-hybridized carbons (Fsp3) is 0.391. The molecule has 0 radical (unpaired) electrons. The van der Waals surface area contributed by atoms with E-state index >= 15 is 0 Å². The number of hydrogen-bond donors (Lipinski definition) is 0. The lowest BCUT2D eigenvalue weighted by Gasteiger charge is -2.34. The molecule has 1 aliphatic heterocycles. The van der Waals surface area contributed by atoms with Gasteiger partial charge in [-0.25, -0.2) is 8.78 Å². The number of piperazine rings is 1. The lowest BCUT2D eigenvalue weighted by atomic mass is 9.98. The molecule has 0 spiro atoms. The number of hydrogen-bond acceptors (Lipinski definition) is 3. The van der Waals surface area contributed by atoms with Crippen LogP contribution >= 0.6 is 0 Å². The highest BCUT2D eigenvalue weighted by Crippen LogP contribution is 2.28. The van der Waals surface area contributed by atoms with Crippen molar-refractivity contribution in [2.45, 2.75) is 26.2 Å². The molecular formula is C23H26F2N2O3. The van der Waals surface area contributed by atoms with Gasteiger partial charge in [0.15, 0.2) is 18.2 Å². The molecule has 160 valence electrons. The minimum Gasteiger partial charge on any atom is -0.483 e. The van der Waals surface area contributed by atoms with E-state index in [2.05, 4.69) is 13.8 Å². The standard InChI is InChI=1S/C23H26F2N2O3/c1-3-16(2)18-6-4-5-7-21(18)30-15-22(28)26-10-12-27(13-11-26)23(29)17-8-9-19(24)20(25)14-17/h4-9,14,16H,3,10-13,15H2,1-2H3. The number of rotatable bonds is 6. The molecule has 0 saturated carbocycles. The van der Waals surface area contributed by atoms with Gasteiger partial charge in [0.2, 0.25) is 0 Å². The fourth-order valence-electron chi connectivity index (χ4n) is 3.44. The zero-order valence-corrected chi connectivity index (χ0v) is 17.2. The average molecular weight is 416 g/mol. The van der Waals surface area contributed by atoms with Gasteiger partial charge in [-0.3, -0.25) is 9.59 Å². The second-order valence-electron chi connectivity index (χ2n) is 7.44. The van der Waals surface area contributed by atoms with Crippen molar-refractivity contribution in [3.8, 4) is 5.75 Å². The SMILES string of the molecule is CCC(C)c1ccccc1OCC(=O)N1CCN(C(=O)c2ccc(F)c(F)c2)CC1. The summed E-state index contributed by atoms with van der Waals surface area (Å²) >= 11 is 0. The highest BCUT2D eigenvalue weighted by atomic mass is 19.2. The Balaban J connectivity index is 1.53. The predicted octanol–water partition coefficient (Wildman–Crippen LogP) is 3.84. The first-order chi connectivity index (χ1) is 14.4. The summed E-state index contributed by atoms with van der Waals surface area (Å²) < 4.78 is 32.3. The molecule has 2 aromatic carbocycles. The largest absolute Gasteiger partial charge is 0.483 e. The summed E-state index contributed by atoms with van der Waals surface area (Å²) in [6.07, 6.45) is 0.974. The van der Waals surface area contributed by atoms with Crippen LogP contribution in [0.1, 0.15) is 42.1 Å². The van der Waals surface area contributed by atoms with E-state index in [-0.39, 0.29) is 24.0 Å². The summed E-state index contributed by atoms with van der Waals surface area (Å²) in [6.45, 7) is 5.54. The van der Waals surface area contributed by atoms with E-state index in [1.807, 2.05) is 24.3 Å². The molecule has 1 atom stereocenters. The van der Waals surface area contributed by atoms with Gasteiger partial charge >= 0.3 is 0 Å². The average Bonchev–Trinajstić information content (AvgIpc) is 2.78. The summed E-state index contributed by atoms with van der Waals surface area (Å²) in [7, 11) is 0. The highest BCUT2D eigenvalue weighted by molar-refractivity contribution is 5.94. The number of carbonyl (C=O) groups is 2. The third kappa shape index (κ3) is 4.96. The topological polar surface area (TPSA) is 49.9 Å². The highest BCUT2D eigenvalue weighted by Gasteiger charge is 2.25. The molecule has 1 saturated heterocycles. The number of carbonyl (C=O) groups excluding carboxylic acids is 2. The van der Waals surface area contributed by atoms with Crippen molar-refractivity contribution >= 4 is 11.8 Å². The zero-order chi connectivity index (χ0) is 21.7. The number of nitrogens with zero attached hydrogens (tertiary/aromatic N) is 2. The number of amides is 2. The molecule has 7 heteroatoms. The zero-order valence-electron chi connectivity index (χ0n) is 17.2. The van der Waals surface area contributed by atoms with Crippen molar-refractivity contribution in [2.24, 2.45) is 0 Å². The Bertz CT molecular complexity index is 911. The van der Waals surface area contributed by atoms with Gasteiger partial charge in [-0.05, 0) is 42.2 Å². The predicted molar refractivity (Wildman–Crippen MR) is 109 cm³/mol. The lowest BCUT2D eigenvalue weighted by molar-refractivity contribution is -0.134. The molecule has 2 amide bonds. The fourth-order valence-corrected chi connectivity index (χ4v) is 3.44. The first kappa shape index (κ1) is 21.7. The van der Waals surface area contributed by atoms with Crippen molar-refractivity contribution in [3.05, 3.63) is 65.2 Å². The number of halogens is 2. The van der Waals surface area contributed by atoms with Gasteiger partial charge in [0.05, 0.1) is 0 Å². The normalized spacial score (nSPS) is 15.1. The lowest BCUT2D eigenvalue weighted by Crippen LogP contribution is -2.51. The van der Waals surface area contributed by atoms with Crippen LogP contribution in [-0.2, 0) is 4.79 Å². The Morgan fingerprint density at radius 3 is 2.33 bits per heavy atom. The minimum absolute atomic E-state index is 0.0649. The molecule has 0 aliphatic carbocycles. The first-order valence-electron chi connectivity index (χ1n) is 10.1. The Kier molecular flexibility index (Phi) is 7.03. The van der Waals surface area contributed by atoms with Crippen LogP contribution in [0.5, 0.6) is 5.75 Å². The molecule has 30 heavy (non-hydrogen) atoms. The van der Waals surface area contributed by atoms with Crippen LogP contribution < -0.4 is 4.74 Å². The van der Waals surface area contributed by atoms with Gasteiger partial charge < -0.3 is 14.5 Å². The molecule has 1 aliphatic rings. The van der Waals surface area contributed by atoms with E-state index in [1.54, 1.807) is 4.90 Å². The van der Waals surface area contributed by atoms with E-state index in [1.165, 1.54) is 11.0 Å². The Morgan fingerprint density at radius 1 is 1.00 bits per heavy atom. The molecule has 1 fully saturated rings. The van der Waals surface area contributed by atoms with Crippen LogP contribution in [0.4, 0.5) is 8.78 Å². The Hall–Kier alpha value is -2.96. The van der Waals surface area contributed by atoms with Crippen LogP contribution in [0, 0.1) is 11.6 Å². The van der Waals surface area contributed by atoms with Crippen molar-refractivity contribution in [1.29, 1.82) is 0 Å². The van der Waals surface area contributed by atoms with Crippen LogP contribution in [0.3, 0.4) is 0 Å². The molecule has 1 unspecified atom stereocenters. The molecule has 1 heterocycles. The molecule has 5 nitrogen and oxygen atoms in total. The molecule has 0 aromatic heterocycles. The van der Waals surface area contributed by atoms with E-state index in [0.29, 0.717) is 37.8 Å². The van der Waals surface area contributed by atoms with Gasteiger partial charge in [0.1, 0.15) is 5.75 Å². The van der Waals surface area contributed by atoms with Crippen molar-refractivity contribution in [1.82, 2.24) is 9.80 Å². The third-order valence-electron chi connectivity index (χ3n) is 5.50. The van der Waals surface area contributed by atoms with Gasteiger partial charge in [-0.2, -0.15) is 0 Å². The number of ether oxygens (including phenoxy) is 1. The minimum atomic E-state index is -1.05. The molecule has 0 bridgehead atoms.